The number of pyridine rings is 1. The number of benzene rings is 2. The van der Waals surface area contributed by atoms with Crippen LogP contribution in [0.2, 0.25) is 0 Å². The van der Waals surface area contributed by atoms with Gasteiger partial charge in [0.15, 0.2) is 6.29 Å². The molecule has 7 nitrogen and oxygen atoms in total. The number of aromatic hydroxyl groups is 1. The number of ether oxygens (including phenoxy) is 2. The SMILES string of the molecule is COC(=O)c1ccc(Oc2cccc(C(=O)c3ccccc3O)n2)c(C=O)c1. The van der Waals surface area contributed by atoms with Gasteiger partial charge in [-0.1, -0.05) is 18.2 Å². The zero-order valence-corrected chi connectivity index (χ0v) is 14.8. The maximum absolute atomic E-state index is 12.6. The van der Waals surface area contributed by atoms with Gasteiger partial charge in [-0.15, -0.1) is 0 Å². The number of esters is 1. The predicted molar refractivity (Wildman–Crippen MR) is 99.0 cm³/mol. The molecule has 28 heavy (non-hydrogen) atoms. The maximum Gasteiger partial charge on any atom is 0.337 e. The van der Waals surface area contributed by atoms with Crippen LogP contribution in [0.5, 0.6) is 17.4 Å². The fourth-order valence-electron chi connectivity index (χ4n) is 2.49. The largest absolute Gasteiger partial charge is 0.507 e. The molecule has 1 heterocycles. The van der Waals surface area contributed by atoms with Crippen molar-refractivity contribution in [1.29, 1.82) is 0 Å². The first kappa shape index (κ1) is 18.8. The van der Waals surface area contributed by atoms with E-state index in [2.05, 4.69) is 9.72 Å². The van der Waals surface area contributed by atoms with E-state index in [0.717, 1.165) is 0 Å². The lowest BCUT2D eigenvalue weighted by Gasteiger charge is -2.09. The molecular formula is C21H15NO6. The van der Waals surface area contributed by atoms with E-state index < -0.39 is 11.8 Å². The molecule has 0 saturated heterocycles. The first-order valence-electron chi connectivity index (χ1n) is 8.18. The highest BCUT2D eigenvalue weighted by Gasteiger charge is 2.16. The van der Waals surface area contributed by atoms with Gasteiger partial charge in [-0.05, 0) is 36.4 Å². The number of aromatic nitrogens is 1. The first-order valence-corrected chi connectivity index (χ1v) is 8.18. The Kier molecular flexibility index (Phi) is 5.45. The second kappa shape index (κ2) is 8.13. The Bertz CT molecular complexity index is 1060. The molecule has 0 fully saturated rings. The molecule has 0 unspecified atom stereocenters. The quantitative estimate of drug-likeness (QED) is 0.399. The third kappa shape index (κ3) is 3.88. The zero-order valence-electron chi connectivity index (χ0n) is 14.8. The maximum atomic E-state index is 12.6. The van der Waals surface area contributed by atoms with Crippen LogP contribution in [0.1, 0.15) is 36.8 Å². The van der Waals surface area contributed by atoms with E-state index in [0.29, 0.717) is 6.29 Å². The molecule has 0 aliphatic heterocycles. The number of rotatable bonds is 6. The predicted octanol–water partition coefficient (Wildman–Crippen LogP) is 3.41. The van der Waals surface area contributed by atoms with Crippen LogP contribution >= 0.6 is 0 Å². The Morgan fingerprint density at radius 1 is 1.04 bits per heavy atom. The standard InChI is InChI=1S/C21H15NO6/c1-27-21(26)13-9-10-18(14(11-13)12-23)28-19-8-4-6-16(22-19)20(25)15-5-2-3-7-17(15)24/h2-12,24H,1H3. The van der Waals surface area contributed by atoms with E-state index in [9.17, 15) is 19.5 Å². The molecule has 0 aliphatic rings. The Hall–Kier alpha value is -4.00. The third-order valence-electron chi connectivity index (χ3n) is 3.88. The summed E-state index contributed by atoms with van der Waals surface area (Å²) in [6, 6.07) is 14.9. The van der Waals surface area contributed by atoms with Crippen LogP contribution in [-0.2, 0) is 4.74 Å². The van der Waals surface area contributed by atoms with Gasteiger partial charge in [0.2, 0.25) is 11.7 Å². The minimum absolute atomic E-state index is 0.0674. The van der Waals surface area contributed by atoms with Gasteiger partial charge in [0.25, 0.3) is 0 Å². The van der Waals surface area contributed by atoms with Gasteiger partial charge in [-0.2, -0.15) is 0 Å². The van der Waals surface area contributed by atoms with Crippen molar-refractivity contribution in [2.45, 2.75) is 0 Å². The molecule has 140 valence electrons. The lowest BCUT2D eigenvalue weighted by Crippen LogP contribution is -2.06. The number of nitrogens with zero attached hydrogens (tertiary/aromatic N) is 1. The van der Waals surface area contributed by atoms with Gasteiger partial charge < -0.3 is 14.6 Å². The molecule has 3 aromatic rings. The average molecular weight is 377 g/mol. The number of aldehydes is 1. The molecule has 0 atom stereocenters. The van der Waals surface area contributed by atoms with Crippen LogP contribution in [0.4, 0.5) is 0 Å². The highest BCUT2D eigenvalue weighted by molar-refractivity contribution is 6.09. The van der Waals surface area contributed by atoms with Crippen LogP contribution in [0.3, 0.4) is 0 Å². The zero-order chi connectivity index (χ0) is 20.1. The average Bonchev–Trinajstić information content (AvgIpc) is 2.73. The Labute approximate surface area is 160 Å². The van der Waals surface area contributed by atoms with Gasteiger partial charge in [0.1, 0.15) is 17.2 Å². The lowest BCUT2D eigenvalue weighted by atomic mass is 10.1. The highest BCUT2D eigenvalue weighted by atomic mass is 16.5. The number of ketones is 1. The fraction of sp³-hybridized carbons (Fsp3) is 0.0476. The Balaban J connectivity index is 1.89. The van der Waals surface area contributed by atoms with Crippen LogP contribution in [0.15, 0.2) is 60.7 Å². The number of hydrogen-bond donors (Lipinski definition) is 1. The van der Waals surface area contributed by atoms with Crippen molar-refractivity contribution < 1.29 is 29.0 Å². The molecule has 1 aromatic heterocycles. The molecule has 3 rings (SSSR count). The summed E-state index contributed by atoms with van der Waals surface area (Å²) < 4.78 is 10.2. The summed E-state index contributed by atoms with van der Waals surface area (Å²) in [5, 5.41) is 9.85. The lowest BCUT2D eigenvalue weighted by molar-refractivity contribution is 0.0600. The molecule has 2 aromatic carbocycles. The summed E-state index contributed by atoms with van der Waals surface area (Å²) in [7, 11) is 1.24. The van der Waals surface area contributed by atoms with E-state index in [1.54, 1.807) is 18.2 Å². The van der Waals surface area contributed by atoms with Crippen molar-refractivity contribution in [3.63, 3.8) is 0 Å². The summed E-state index contributed by atoms with van der Waals surface area (Å²) in [5.41, 5.74) is 0.511. The minimum Gasteiger partial charge on any atom is -0.507 e. The van der Waals surface area contributed by atoms with Crippen LogP contribution in [0.25, 0.3) is 0 Å². The number of hydrogen-bond acceptors (Lipinski definition) is 7. The molecule has 0 bridgehead atoms. The molecule has 7 heteroatoms. The number of carbonyl (C=O) groups excluding carboxylic acids is 3. The summed E-state index contributed by atoms with van der Waals surface area (Å²) in [6.45, 7) is 0. The second-order valence-corrected chi connectivity index (χ2v) is 5.67. The monoisotopic (exact) mass is 377 g/mol. The van der Waals surface area contributed by atoms with Crippen molar-refractivity contribution >= 4 is 18.0 Å². The van der Waals surface area contributed by atoms with E-state index in [4.69, 9.17) is 4.74 Å². The Morgan fingerprint density at radius 3 is 2.54 bits per heavy atom. The van der Waals surface area contributed by atoms with E-state index in [1.807, 2.05) is 0 Å². The number of phenolic OH excluding ortho intramolecular Hbond substituents is 1. The summed E-state index contributed by atoms with van der Waals surface area (Å²) in [5.74, 6) is -0.956. The molecule has 1 N–H and O–H groups in total. The molecule has 0 aliphatic carbocycles. The van der Waals surface area contributed by atoms with Crippen molar-refractivity contribution in [3.8, 4) is 17.4 Å². The van der Waals surface area contributed by atoms with Gasteiger partial charge in [0, 0.05) is 6.07 Å². The van der Waals surface area contributed by atoms with Crippen molar-refractivity contribution in [2.24, 2.45) is 0 Å². The molecule has 0 amide bonds. The summed E-state index contributed by atoms with van der Waals surface area (Å²) >= 11 is 0. The number of phenols is 1. The van der Waals surface area contributed by atoms with E-state index >= 15 is 0 Å². The topological polar surface area (TPSA) is 103 Å². The van der Waals surface area contributed by atoms with Crippen LogP contribution in [0, 0.1) is 0 Å². The highest BCUT2D eigenvalue weighted by Crippen LogP contribution is 2.26. The van der Waals surface area contributed by atoms with Gasteiger partial charge in [-0.3, -0.25) is 9.59 Å². The number of carbonyl (C=O) groups is 3. The number of methoxy groups -OCH3 is 1. The van der Waals surface area contributed by atoms with E-state index in [-0.39, 0.29) is 39.8 Å². The Morgan fingerprint density at radius 2 is 1.82 bits per heavy atom. The summed E-state index contributed by atoms with van der Waals surface area (Å²) in [4.78, 5) is 39.6. The number of para-hydroxylation sites is 1. The summed E-state index contributed by atoms with van der Waals surface area (Å²) in [6.07, 6.45) is 0.540. The van der Waals surface area contributed by atoms with Crippen molar-refractivity contribution in [3.05, 3.63) is 83.0 Å². The minimum atomic E-state index is -0.581. The van der Waals surface area contributed by atoms with Crippen LogP contribution < -0.4 is 4.74 Å². The van der Waals surface area contributed by atoms with Crippen LogP contribution in [-0.4, -0.2) is 35.2 Å². The van der Waals surface area contributed by atoms with Gasteiger partial charge in [-0.25, -0.2) is 9.78 Å². The van der Waals surface area contributed by atoms with Gasteiger partial charge >= 0.3 is 5.97 Å². The normalized spacial score (nSPS) is 10.2. The molecule has 0 radical (unpaired) electrons. The van der Waals surface area contributed by atoms with Gasteiger partial charge in [0.05, 0.1) is 23.8 Å². The molecular weight excluding hydrogens is 362 g/mol. The van der Waals surface area contributed by atoms with Crippen molar-refractivity contribution in [1.82, 2.24) is 4.98 Å². The molecule has 0 spiro atoms. The third-order valence-corrected chi connectivity index (χ3v) is 3.88. The van der Waals surface area contributed by atoms with E-state index in [1.165, 1.54) is 49.6 Å². The fourth-order valence-corrected chi connectivity index (χ4v) is 2.49. The second-order valence-electron chi connectivity index (χ2n) is 5.67. The smallest absolute Gasteiger partial charge is 0.337 e. The first-order chi connectivity index (χ1) is 13.5. The molecule has 0 saturated carbocycles. The van der Waals surface area contributed by atoms with Crippen molar-refractivity contribution in [2.75, 3.05) is 7.11 Å².